The predicted molar refractivity (Wildman–Crippen MR) is 141 cm³/mol. The largest absolute Gasteiger partial charge is 0.466 e. The Kier molecular flexibility index (Phi) is 7.61. The molecule has 3 saturated heterocycles. The third kappa shape index (κ3) is 4.42. The highest BCUT2D eigenvalue weighted by Crippen LogP contribution is 2.68. The van der Waals surface area contributed by atoms with Crippen molar-refractivity contribution in [1.29, 1.82) is 0 Å². The van der Waals surface area contributed by atoms with E-state index in [4.69, 9.17) is 4.74 Å². The van der Waals surface area contributed by atoms with E-state index in [0.717, 1.165) is 11.1 Å². The summed E-state index contributed by atoms with van der Waals surface area (Å²) >= 11 is 5.32. The van der Waals surface area contributed by atoms with Gasteiger partial charge >= 0.3 is 5.97 Å². The van der Waals surface area contributed by atoms with Gasteiger partial charge in [0, 0.05) is 15.8 Å². The lowest BCUT2D eigenvalue weighted by molar-refractivity contribution is -0.154. The molecule has 3 aliphatic rings. The van der Waals surface area contributed by atoms with Crippen LogP contribution in [0.3, 0.4) is 0 Å². The molecular weight excluding hydrogens is 532 g/mol. The first-order chi connectivity index (χ1) is 16.5. The molecule has 35 heavy (non-hydrogen) atoms. The van der Waals surface area contributed by atoms with E-state index in [2.05, 4.69) is 21.2 Å². The molecular formula is C26H35BrN2O5S. The molecule has 3 fully saturated rings. The van der Waals surface area contributed by atoms with Crippen molar-refractivity contribution in [3.05, 3.63) is 29.3 Å². The number of likely N-dealkylation sites (tertiary alicyclic amines) is 1. The van der Waals surface area contributed by atoms with Gasteiger partial charge in [0.15, 0.2) is 0 Å². The van der Waals surface area contributed by atoms with E-state index in [0.29, 0.717) is 18.5 Å². The average molecular weight is 568 g/mol. The zero-order chi connectivity index (χ0) is 25.7. The molecule has 1 spiro atoms. The average Bonchev–Trinajstić information content (AvgIpc) is 3.38. The van der Waals surface area contributed by atoms with Gasteiger partial charge in [0.1, 0.15) is 6.04 Å². The first-order valence-electron chi connectivity index (χ1n) is 12.3. The summed E-state index contributed by atoms with van der Waals surface area (Å²) in [4.78, 5) is 42.8. The molecule has 1 aromatic rings. The van der Waals surface area contributed by atoms with Crippen LogP contribution in [0.2, 0.25) is 0 Å². The van der Waals surface area contributed by atoms with Gasteiger partial charge in [0.2, 0.25) is 11.8 Å². The number of esters is 1. The van der Waals surface area contributed by atoms with Crippen LogP contribution >= 0.6 is 27.7 Å². The Bertz CT molecular complexity index is 1020. The normalized spacial score (nSPS) is 32.2. The summed E-state index contributed by atoms with van der Waals surface area (Å²) in [6.45, 7) is 9.72. The maximum absolute atomic E-state index is 14.1. The Morgan fingerprint density at radius 3 is 2.69 bits per heavy atom. The number of nitrogens with zero attached hydrogens (tertiary/aromatic N) is 1. The minimum absolute atomic E-state index is 0.0143. The molecule has 4 rings (SSSR count). The number of benzene rings is 1. The molecule has 0 aliphatic carbocycles. The second-order valence-electron chi connectivity index (χ2n) is 10.4. The lowest BCUT2D eigenvalue weighted by atomic mass is 9.71. The monoisotopic (exact) mass is 566 g/mol. The van der Waals surface area contributed by atoms with Crippen LogP contribution in [-0.4, -0.2) is 67.9 Å². The molecule has 0 aromatic heterocycles. The van der Waals surface area contributed by atoms with E-state index in [-0.39, 0.29) is 47.0 Å². The Morgan fingerprint density at radius 1 is 1.34 bits per heavy atom. The minimum Gasteiger partial charge on any atom is -0.466 e. The van der Waals surface area contributed by atoms with Crippen LogP contribution in [0.5, 0.6) is 0 Å². The van der Waals surface area contributed by atoms with E-state index in [9.17, 15) is 19.5 Å². The number of thioether (sulfide) groups is 1. The van der Waals surface area contributed by atoms with Crippen molar-refractivity contribution in [2.75, 3.05) is 18.5 Å². The van der Waals surface area contributed by atoms with Crippen molar-refractivity contribution < 1.29 is 24.2 Å². The van der Waals surface area contributed by atoms with Crippen LogP contribution in [0, 0.1) is 31.6 Å². The fraction of sp³-hybridized carbons (Fsp3) is 0.654. The summed E-state index contributed by atoms with van der Waals surface area (Å²) in [7, 11) is 0. The number of carbonyl (C=O) groups is 3. The first-order valence-corrected chi connectivity index (χ1v) is 14.1. The van der Waals surface area contributed by atoms with E-state index in [1.54, 1.807) is 23.6 Å². The van der Waals surface area contributed by atoms with Gasteiger partial charge in [-0.3, -0.25) is 14.4 Å². The molecule has 192 valence electrons. The molecule has 3 aliphatic heterocycles. The van der Waals surface area contributed by atoms with E-state index in [1.807, 2.05) is 45.9 Å². The van der Waals surface area contributed by atoms with Crippen LogP contribution in [-0.2, 0) is 19.1 Å². The van der Waals surface area contributed by atoms with Crippen molar-refractivity contribution in [3.8, 4) is 0 Å². The number of rotatable bonds is 8. The molecule has 3 heterocycles. The molecule has 7 nitrogen and oxygen atoms in total. The number of halogens is 1. The van der Waals surface area contributed by atoms with Gasteiger partial charge in [-0.15, -0.1) is 11.8 Å². The number of anilines is 1. The molecule has 0 saturated carbocycles. The van der Waals surface area contributed by atoms with E-state index < -0.39 is 28.7 Å². The van der Waals surface area contributed by atoms with Crippen LogP contribution in [0.25, 0.3) is 0 Å². The predicted octanol–water partition coefficient (Wildman–Crippen LogP) is 3.68. The summed E-state index contributed by atoms with van der Waals surface area (Å²) in [5.74, 6) is -1.93. The summed E-state index contributed by atoms with van der Waals surface area (Å²) in [5, 5.41) is 13.3. The first kappa shape index (κ1) is 26.5. The van der Waals surface area contributed by atoms with Gasteiger partial charge in [-0.2, -0.15) is 0 Å². The number of amides is 2. The van der Waals surface area contributed by atoms with Crippen LogP contribution < -0.4 is 5.32 Å². The Morgan fingerprint density at radius 2 is 2.06 bits per heavy atom. The molecule has 2 N–H and O–H groups in total. The molecule has 2 bridgehead atoms. The zero-order valence-corrected chi connectivity index (χ0v) is 23.3. The number of aryl methyl sites for hydroxylation is 2. The van der Waals surface area contributed by atoms with Crippen molar-refractivity contribution in [2.45, 2.75) is 74.4 Å². The van der Waals surface area contributed by atoms with Crippen molar-refractivity contribution in [1.82, 2.24) is 4.90 Å². The van der Waals surface area contributed by atoms with Crippen molar-refractivity contribution >= 4 is 51.2 Å². The zero-order valence-electron chi connectivity index (χ0n) is 20.9. The second kappa shape index (κ2) is 10.1. The highest BCUT2D eigenvalue weighted by molar-refractivity contribution is 9.09. The number of carbonyl (C=O) groups excluding carboxylic acids is 3. The molecule has 1 aromatic carbocycles. The number of aliphatic hydroxyl groups excluding tert-OH is 1. The van der Waals surface area contributed by atoms with Crippen LogP contribution in [0.4, 0.5) is 5.69 Å². The van der Waals surface area contributed by atoms with Gasteiger partial charge in [0.05, 0.1) is 35.8 Å². The summed E-state index contributed by atoms with van der Waals surface area (Å²) in [6, 6.07) is 4.57. The number of ether oxygens (including phenoxy) is 1. The van der Waals surface area contributed by atoms with Gasteiger partial charge in [0.25, 0.3) is 0 Å². The fourth-order valence-corrected chi connectivity index (χ4v) is 9.75. The van der Waals surface area contributed by atoms with Gasteiger partial charge in [-0.05, 0) is 56.7 Å². The smallest absolute Gasteiger partial charge is 0.310 e. The number of aliphatic hydroxyl groups is 1. The number of alkyl halides is 1. The maximum atomic E-state index is 14.1. The molecule has 3 unspecified atom stereocenters. The standard InChI is InChI=1S/C26H35BrN2O5S/c1-6-34-25(33)19-20-24(32)29(16(12-30)9-13(2)3)22(26(20)11-17(27)21(19)35-26)23(31)28-18-10-14(4)7-8-15(18)5/h7-8,10,13,16-17,19-22,30H,6,9,11-12H2,1-5H3,(H,28,31)/t16-,17?,19+,20+,21+,22?,26?/m1/s1. The van der Waals surface area contributed by atoms with Crippen LogP contribution in [0.15, 0.2) is 18.2 Å². The Hall–Kier alpha value is -1.58. The maximum Gasteiger partial charge on any atom is 0.310 e. The third-order valence-electron chi connectivity index (χ3n) is 7.53. The van der Waals surface area contributed by atoms with Crippen molar-refractivity contribution in [2.24, 2.45) is 17.8 Å². The number of nitrogens with one attached hydrogen (secondary N) is 1. The van der Waals surface area contributed by atoms with E-state index >= 15 is 0 Å². The molecule has 7 atom stereocenters. The SMILES string of the molecule is CCOC(=O)[C@H]1[C@H]2C(=O)N([C@@H](CO)CC(C)C)C(C(=O)Nc3cc(C)ccc3C)C23CC(Br)[C@@H]1S3. The highest BCUT2D eigenvalue weighted by atomic mass is 79.9. The Labute approximate surface area is 219 Å². The van der Waals surface area contributed by atoms with Gasteiger partial charge in [-0.1, -0.05) is 41.9 Å². The summed E-state index contributed by atoms with van der Waals surface area (Å²) in [5.41, 5.74) is 2.66. The molecule has 9 heteroatoms. The summed E-state index contributed by atoms with van der Waals surface area (Å²) < 4.78 is 4.63. The topological polar surface area (TPSA) is 95.9 Å². The third-order valence-corrected chi connectivity index (χ3v) is 10.8. The fourth-order valence-electron chi connectivity index (χ4n) is 6.16. The number of fused-ring (bicyclic) bond motifs is 1. The molecule has 2 amide bonds. The van der Waals surface area contributed by atoms with Crippen LogP contribution in [0.1, 0.15) is 44.7 Å². The lowest BCUT2D eigenvalue weighted by Gasteiger charge is -2.38. The minimum atomic E-state index is -0.801. The quantitative estimate of drug-likeness (QED) is 0.368. The van der Waals surface area contributed by atoms with Gasteiger partial charge < -0.3 is 20.1 Å². The summed E-state index contributed by atoms with van der Waals surface area (Å²) in [6.07, 6.45) is 1.16. The number of hydrogen-bond donors (Lipinski definition) is 2. The molecule has 0 radical (unpaired) electrons. The van der Waals surface area contributed by atoms with E-state index in [1.165, 1.54) is 0 Å². The highest BCUT2D eigenvalue weighted by Gasteiger charge is 2.76. The van der Waals surface area contributed by atoms with Gasteiger partial charge in [-0.25, -0.2) is 0 Å². The Balaban J connectivity index is 1.79. The lowest BCUT2D eigenvalue weighted by Crippen LogP contribution is -2.55. The van der Waals surface area contributed by atoms with Crippen molar-refractivity contribution in [3.63, 3.8) is 0 Å². The second-order valence-corrected chi connectivity index (χ2v) is 13.2. The number of hydrogen-bond acceptors (Lipinski definition) is 6.